The molecule has 0 aliphatic carbocycles. The van der Waals surface area contributed by atoms with Crippen LogP contribution in [0.15, 0.2) is 30.3 Å². The average Bonchev–Trinajstić information content (AvgIpc) is 2.63. The number of methoxy groups -OCH3 is 2. The fourth-order valence-electron chi connectivity index (χ4n) is 3.56. The van der Waals surface area contributed by atoms with Crippen LogP contribution in [-0.4, -0.2) is 32.7 Å². The van der Waals surface area contributed by atoms with E-state index in [9.17, 15) is 0 Å². The molecule has 1 aliphatic rings. The van der Waals surface area contributed by atoms with Crippen molar-refractivity contribution < 1.29 is 9.47 Å². The molecule has 25 heavy (non-hydrogen) atoms. The summed E-state index contributed by atoms with van der Waals surface area (Å²) in [6.07, 6.45) is 2.86. The highest BCUT2D eigenvalue weighted by molar-refractivity contribution is 6.42. The molecular weight excluding hydrogens is 357 g/mol. The van der Waals surface area contributed by atoms with Crippen LogP contribution in [0.2, 0.25) is 10.0 Å². The number of nitrogens with zero attached hydrogens (tertiary/aromatic N) is 1. The van der Waals surface area contributed by atoms with Crippen LogP contribution in [0.3, 0.4) is 0 Å². The number of hydrogen-bond donors (Lipinski definition) is 0. The number of halogens is 2. The van der Waals surface area contributed by atoms with E-state index in [1.54, 1.807) is 14.2 Å². The molecule has 3 rings (SSSR count). The van der Waals surface area contributed by atoms with Gasteiger partial charge in [-0.1, -0.05) is 35.3 Å². The summed E-state index contributed by atoms with van der Waals surface area (Å²) in [5.41, 5.74) is 3.73. The minimum atomic E-state index is 0.318. The second-order valence-electron chi connectivity index (χ2n) is 6.40. The van der Waals surface area contributed by atoms with Crippen LogP contribution in [0.4, 0.5) is 0 Å². The van der Waals surface area contributed by atoms with Crippen molar-refractivity contribution in [2.45, 2.75) is 25.3 Å². The lowest BCUT2D eigenvalue weighted by atomic mass is 9.89. The molecule has 0 saturated carbocycles. The first-order chi connectivity index (χ1) is 12.0. The largest absolute Gasteiger partial charge is 0.493 e. The van der Waals surface area contributed by atoms with Crippen molar-refractivity contribution in [2.24, 2.45) is 0 Å². The van der Waals surface area contributed by atoms with Crippen molar-refractivity contribution in [2.75, 3.05) is 27.8 Å². The third-order valence-corrected chi connectivity index (χ3v) is 5.85. The van der Waals surface area contributed by atoms with E-state index in [0.29, 0.717) is 16.1 Å². The highest BCUT2D eigenvalue weighted by Crippen LogP contribution is 2.39. The van der Waals surface area contributed by atoms with Crippen LogP contribution in [0.1, 0.15) is 29.2 Å². The Morgan fingerprint density at radius 3 is 2.56 bits per heavy atom. The second kappa shape index (κ2) is 7.86. The van der Waals surface area contributed by atoms with Gasteiger partial charge in [-0.2, -0.15) is 0 Å². The summed E-state index contributed by atoms with van der Waals surface area (Å²) in [4.78, 5) is 2.40. The van der Waals surface area contributed by atoms with Gasteiger partial charge in [-0.15, -0.1) is 0 Å². The summed E-state index contributed by atoms with van der Waals surface area (Å²) in [7, 11) is 5.53. The van der Waals surface area contributed by atoms with E-state index in [2.05, 4.69) is 24.1 Å². The van der Waals surface area contributed by atoms with Crippen molar-refractivity contribution in [1.82, 2.24) is 4.90 Å². The van der Waals surface area contributed by atoms with Crippen molar-refractivity contribution in [3.05, 3.63) is 57.1 Å². The maximum Gasteiger partial charge on any atom is 0.161 e. The molecule has 0 amide bonds. The van der Waals surface area contributed by atoms with Gasteiger partial charge < -0.3 is 9.47 Å². The Kier molecular flexibility index (Phi) is 5.78. The van der Waals surface area contributed by atoms with Gasteiger partial charge in [0.2, 0.25) is 0 Å². The monoisotopic (exact) mass is 379 g/mol. The lowest BCUT2D eigenvalue weighted by molar-refractivity contribution is 0.218. The van der Waals surface area contributed by atoms with E-state index in [-0.39, 0.29) is 0 Å². The second-order valence-corrected chi connectivity index (χ2v) is 7.19. The van der Waals surface area contributed by atoms with Crippen molar-refractivity contribution in [3.63, 3.8) is 0 Å². The molecule has 1 atom stereocenters. The molecule has 5 heteroatoms. The Balaban J connectivity index is 1.88. The Labute approximate surface area is 159 Å². The molecule has 0 fully saturated rings. The van der Waals surface area contributed by atoms with Gasteiger partial charge in [-0.25, -0.2) is 0 Å². The third kappa shape index (κ3) is 3.74. The molecule has 1 heterocycles. The topological polar surface area (TPSA) is 21.7 Å². The van der Waals surface area contributed by atoms with Crippen LogP contribution in [0.5, 0.6) is 11.5 Å². The third-order valence-electron chi connectivity index (χ3n) is 4.99. The van der Waals surface area contributed by atoms with E-state index in [1.165, 1.54) is 11.1 Å². The van der Waals surface area contributed by atoms with Gasteiger partial charge in [0.1, 0.15) is 0 Å². The summed E-state index contributed by atoms with van der Waals surface area (Å²) in [6.45, 7) is 1.02. The van der Waals surface area contributed by atoms with Crippen LogP contribution in [0.25, 0.3) is 0 Å². The number of rotatable bonds is 5. The van der Waals surface area contributed by atoms with E-state index in [4.69, 9.17) is 32.7 Å². The average molecular weight is 380 g/mol. The van der Waals surface area contributed by atoms with Gasteiger partial charge in [-0.3, -0.25) is 4.90 Å². The summed E-state index contributed by atoms with van der Waals surface area (Å²) >= 11 is 12.5. The first-order valence-corrected chi connectivity index (χ1v) is 9.18. The number of fused-ring (bicyclic) bond motifs is 1. The standard InChI is InChI=1S/C20H23Cl2NO2/c1-23-10-9-14-11-18(24-2)19(25-3)12-15(14)17(23)8-7-13-5-4-6-16(21)20(13)22/h4-6,11-12,17H,7-10H2,1-3H3. The first-order valence-electron chi connectivity index (χ1n) is 8.43. The van der Waals surface area contributed by atoms with Crippen molar-refractivity contribution >= 4 is 23.2 Å². The molecule has 0 aromatic heterocycles. The summed E-state index contributed by atoms with van der Waals surface area (Å²) < 4.78 is 11.0. The smallest absolute Gasteiger partial charge is 0.161 e. The SMILES string of the molecule is COc1cc2c(cc1OC)C(CCc1cccc(Cl)c1Cl)N(C)CC2. The van der Waals surface area contributed by atoms with Crippen LogP contribution >= 0.6 is 23.2 Å². The number of hydrogen-bond acceptors (Lipinski definition) is 3. The van der Waals surface area contributed by atoms with Gasteiger partial charge in [0, 0.05) is 12.6 Å². The zero-order valence-electron chi connectivity index (χ0n) is 14.8. The Bertz CT molecular complexity index is 764. The zero-order chi connectivity index (χ0) is 18.0. The van der Waals surface area contributed by atoms with E-state index in [0.717, 1.165) is 42.9 Å². The molecule has 1 unspecified atom stereocenters. The first kappa shape index (κ1) is 18.4. The van der Waals surface area contributed by atoms with Gasteiger partial charge in [0.05, 0.1) is 24.3 Å². The van der Waals surface area contributed by atoms with Crippen LogP contribution < -0.4 is 9.47 Å². The van der Waals surface area contributed by atoms with E-state index >= 15 is 0 Å². The minimum Gasteiger partial charge on any atom is -0.493 e. The molecule has 0 saturated heterocycles. The molecule has 3 nitrogen and oxygen atoms in total. The van der Waals surface area contributed by atoms with E-state index < -0.39 is 0 Å². The summed E-state index contributed by atoms with van der Waals surface area (Å²) in [5, 5.41) is 1.28. The van der Waals surface area contributed by atoms with Gasteiger partial charge in [0.25, 0.3) is 0 Å². The summed E-state index contributed by atoms with van der Waals surface area (Å²) in [6, 6.07) is 10.4. The fraction of sp³-hybridized carbons (Fsp3) is 0.400. The van der Waals surface area contributed by atoms with Crippen LogP contribution in [0, 0.1) is 0 Å². The van der Waals surface area contributed by atoms with E-state index in [1.807, 2.05) is 18.2 Å². The molecule has 0 radical (unpaired) electrons. The predicted octanol–water partition coefficient (Wildman–Crippen LogP) is 5.17. The molecule has 0 N–H and O–H groups in total. The van der Waals surface area contributed by atoms with Crippen molar-refractivity contribution in [3.8, 4) is 11.5 Å². The minimum absolute atomic E-state index is 0.318. The molecular formula is C20H23Cl2NO2. The molecule has 134 valence electrons. The van der Waals surface area contributed by atoms with Crippen LogP contribution in [-0.2, 0) is 12.8 Å². The Morgan fingerprint density at radius 1 is 1.12 bits per heavy atom. The number of ether oxygens (including phenoxy) is 2. The summed E-state index contributed by atoms with van der Waals surface area (Å²) in [5.74, 6) is 1.57. The quantitative estimate of drug-likeness (QED) is 0.714. The normalized spacial score (nSPS) is 17.2. The zero-order valence-corrected chi connectivity index (χ0v) is 16.3. The fourth-order valence-corrected chi connectivity index (χ4v) is 3.98. The molecule has 2 aromatic carbocycles. The Morgan fingerprint density at radius 2 is 1.84 bits per heavy atom. The molecule has 2 aromatic rings. The number of benzene rings is 2. The Hall–Kier alpha value is -1.42. The highest BCUT2D eigenvalue weighted by atomic mass is 35.5. The lowest BCUT2D eigenvalue weighted by Crippen LogP contribution is -2.32. The maximum absolute atomic E-state index is 6.35. The maximum atomic E-state index is 6.35. The van der Waals surface area contributed by atoms with Gasteiger partial charge >= 0.3 is 0 Å². The predicted molar refractivity (Wildman–Crippen MR) is 103 cm³/mol. The van der Waals surface area contributed by atoms with Gasteiger partial charge in [-0.05, 0) is 61.2 Å². The molecule has 0 spiro atoms. The molecule has 0 bridgehead atoms. The molecule has 1 aliphatic heterocycles. The number of aryl methyl sites for hydroxylation is 1. The number of likely N-dealkylation sites (N-methyl/N-ethyl adjacent to an activating group) is 1. The van der Waals surface area contributed by atoms with Gasteiger partial charge in [0.15, 0.2) is 11.5 Å². The van der Waals surface area contributed by atoms with Crippen molar-refractivity contribution in [1.29, 1.82) is 0 Å². The lowest BCUT2D eigenvalue weighted by Gasteiger charge is -2.35. The highest BCUT2D eigenvalue weighted by Gasteiger charge is 2.26.